The molecule has 0 aromatic rings. The highest BCUT2D eigenvalue weighted by Crippen LogP contribution is 2.28. The summed E-state index contributed by atoms with van der Waals surface area (Å²) in [6, 6.07) is -0.123. The van der Waals surface area contributed by atoms with E-state index in [1.165, 1.54) is 5.57 Å². The van der Waals surface area contributed by atoms with Gasteiger partial charge in [-0.3, -0.25) is 4.79 Å². The number of carbonyl (C=O) groups is 1. The van der Waals surface area contributed by atoms with Gasteiger partial charge in [0.1, 0.15) is 0 Å². The maximum Gasteiger partial charge on any atom is 0.246 e. The summed E-state index contributed by atoms with van der Waals surface area (Å²) in [5.74, 6) is 1.13. The first-order chi connectivity index (χ1) is 9.91. The quantitative estimate of drug-likeness (QED) is 0.750. The van der Waals surface area contributed by atoms with Crippen LogP contribution in [0.4, 0.5) is 0 Å². The highest BCUT2D eigenvalue weighted by atomic mass is 32.2. The van der Waals surface area contributed by atoms with E-state index in [-0.39, 0.29) is 23.5 Å². The summed E-state index contributed by atoms with van der Waals surface area (Å²) in [4.78, 5) is 14.3. The number of sulfone groups is 1. The predicted octanol–water partition coefficient (Wildman–Crippen LogP) is 2.55. The van der Waals surface area contributed by atoms with Crippen molar-refractivity contribution in [2.75, 3.05) is 18.1 Å². The Balaban J connectivity index is 2.04. The molecule has 1 saturated carbocycles. The largest absolute Gasteiger partial charge is 0.335 e. The van der Waals surface area contributed by atoms with Gasteiger partial charge in [-0.2, -0.15) is 0 Å². The smallest absolute Gasteiger partial charge is 0.246 e. The van der Waals surface area contributed by atoms with Gasteiger partial charge in [0.05, 0.1) is 11.5 Å². The van der Waals surface area contributed by atoms with Crippen LogP contribution in [0, 0.1) is 5.92 Å². The van der Waals surface area contributed by atoms with Crippen LogP contribution < -0.4 is 0 Å². The van der Waals surface area contributed by atoms with Crippen molar-refractivity contribution in [2.24, 2.45) is 5.92 Å². The highest BCUT2D eigenvalue weighted by molar-refractivity contribution is 7.91. The topological polar surface area (TPSA) is 54.5 Å². The third kappa shape index (κ3) is 4.56. The fourth-order valence-corrected chi connectivity index (χ4v) is 5.00. The molecule has 0 aromatic carbocycles. The zero-order valence-corrected chi connectivity index (χ0v) is 14.0. The van der Waals surface area contributed by atoms with Crippen LogP contribution in [0.1, 0.15) is 52.4 Å². The standard InChI is InChI=1S/C16H27NO3S/c1-3-9-17(15-8-10-21(19,20)12-15)16(18)11-14-6-4-13(2)5-7-14/h11,13,15H,3-10,12H2,1-2H3/t13?,15-/m0/s1. The Bertz CT molecular complexity index is 500. The lowest BCUT2D eigenvalue weighted by atomic mass is 9.87. The summed E-state index contributed by atoms with van der Waals surface area (Å²) in [5.41, 5.74) is 1.24. The lowest BCUT2D eigenvalue weighted by molar-refractivity contribution is -0.127. The van der Waals surface area contributed by atoms with Crippen LogP contribution in [0.5, 0.6) is 0 Å². The van der Waals surface area contributed by atoms with Gasteiger partial charge in [0.25, 0.3) is 0 Å². The Kier molecular flexibility index (Phi) is 5.47. The molecule has 1 amide bonds. The minimum absolute atomic E-state index is 0.0171. The predicted molar refractivity (Wildman–Crippen MR) is 84.8 cm³/mol. The molecule has 0 radical (unpaired) electrons. The number of hydrogen-bond acceptors (Lipinski definition) is 3. The maximum absolute atomic E-state index is 12.5. The Labute approximate surface area is 128 Å². The van der Waals surface area contributed by atoms with Gasteiger partial charge >= 0.3 is 0 Å². The molecule has 0 spiro atoms. The summed E-state index contributed by atoms with van der Waals surface area (Å²) < 4.78 is 23.3. The molecule has 1 heterocycles. The van der Waals surface area contributed by atoms with Gasteiger partial charge < -0.3 is 4.90 Å². The third-order valence-electron chi connectivity index (χ3n) is 4.64. The fraction of sp³-hybridized carbons (Fsp3) is 0.812. The van der Waals surface area contributed by atoms with Crippen LogP contribution in [0.25, 0.3) is 0 Å². The molecule has 0 N–H and O–H groups in total. The first kappa shape index (κ1) is 16.5. The van der Waals surface area contributed by atoms with E-state index in [2.05, 4.69) is 6.92 Å². The molecule has 4 nitrogen and oxygen atoms in total. The van der Waals surface area contributed by atoms with Crippen LogP contribution in [-0.4, -0.2) is 43.3 Å². The highest BCUT2D eigenvalue weighted by Gasteiger charge is 2.33. The molecule has 0 aromatic heterocycles. The van der Waals surface area contributed by atoms with E-state index in [4.69, 9.17) is 0 Å². The van der Waals surface area contributed by atoms with Crippen molar-refractivity contribution in [3.63, 3.8) is 0 Å². The van der Waals surface area contributed by atoms with E-state index in [0.717, 1.165) is 38.0 Å². The Morgan fingerprint density at radius 3 is 2.48 bits per heavy atom. The minimum atomic E-state index is -2.95. The van der Waals surface area contributed by atoms with Gasteiger partial charge in [0.15, 0.2) is 9.84 Å². The average Bonchev–Trinajstić information content (AvgIpc) is 2.78. The second-order valence-corrected chi connectivity index (χ2v) is 8.80. The number of nitrogens with zero attached hydrogens (tertiary/aromatic N) is 1. The number of rotatable bonds is 4. The number of carbonyl (C=O) groups excluding carboxylic acids is 1. The summed E-state index contributed by atoms with van der Waals surface area (Å²) in [6.07, 6.45) is 7.57. The van der Waals surface area contributed by atoms with Crippen molar-refractivity contribution >= 4 is 15.7 Å². The van der Waals surface area contributed by atoms with Crippen LogP contribution in [0.2, 0.25) is 0 Å². The lowest BCUT2D eigenvalue weighted by Crippen LogP contribution is -2.41. The van der Waals surface area contributed by atoms with Crippen molar-refractivity contribution in [2.45, 2.75) is 58.4 Å². The molecule has 1 atom stereocenters. The Morgan fingerprint density at radius 1 is 1.29 bits per heavy atom. The van der Waals surface area contributed by atoms with E-state index < -0.39 is 9.84 Å². The van der Waals surface area contributed by atoms with Crippen molar-refractivity contribution in [3.05, 3.63) is 11.6 Å². The first-order valence-electron chi connectivity index (χ1n) is 8.11. The van der Waals surface area contributed by atoms with Crippen LogP contribution >= 0.6 is 0 Å². The minimum Gasteiger partial charge on any atom is -0.335 e. The fourth-order valence-electron chi connectivity index (χ4n) is 3.27. The van der Waals surface area contributed by atoms with Gasteiger partial charge in [-0.25, -0.2) is 8.42 Å². The van der Waals surface area contributed by atoms with E-state index >= 15 is 0 Å². The molecule has 1 aliphatic carbocycles. The van der Waals surface area contributed by atoms with Crippen molar-refractivity contribution in [1.29, 1.82) is 0 Å². The zero-order valence-electron chi connectivity index (χ0n) is 13.2. The second kappa shape index (κ2) is 6.95. The van der Waals surface area contributed by atoms with Crippen molar-refractivity contribution < 1.29 is 13.2 Å². The molecule has 1 aliphatic heterocycles. The summed E-state index contributed by atoms with van der Waals surface area (Å²) >= 11 is 0. The second-order valence-electron chi connectivity index (χ2n) is 6.57. The number of allylic oxidation sites excluding steroid dienone is 1. The summed E-state index contributed by atoms with van der Waals surface area (Å²) in [5, 5.41) is 0. The molecule has 5 heteroatoms. The molecule has 21 heavy (non-hydrogen) atoms. The molecule has 2 rings (SSSR count). The zero-order chi connectivity index (χ0) is 15.5. The van der Waals surface area contributed by atoms with Gasteiger partial charge in [-0.15, -0.1) is 0 Å². The maximum atomic E-state index is 12.5. The SMILES string of the molecule is CCCN(C(=O)C=C1CCC(C)CC1)[C@H]1CCS(=O)(=O)C1. The molecule has 1 saturated heterocycles. The number of hydrogen-bond donors (Lipinski definition) is 0. The molecule has 120 valence electrons. The molecule has 0 unspecified atom stereocenters. The molecular weight excluding hydrogens is 286 g/mol. The summed E-state index contributed by atoms with van der Waals surface area (Å²) in [6.45, 7) is 4.93. The van der Waals surface area contributed by atoms with Crippen LogP contribution in [-0.2, 0) is 14.6 Å². The van der Waals surface area contributed by atoms with E-state index in [1.54, 1.807) is 11.0 Å². The van der Waals surface area contributed by atoms with Gasteiger partial charge in [0.2, 0.25) is 5.91 Å². The first-order valence-corrected chi connectivity index (χ1v) is 9.94. The molecule has 0 bridgehead atoms. The Morgan fingerprint density at radius 2 is 1.95 bits per heavy atom. The summed E-state index contributed by atoms with van der Waals surface area (Å²) in [7, 11) is -2.95. The van der Waals surface area contributed by atoms with Crippen LogP contribution in [0.3, 0.4) is 0 Å². The normalized spacial score (nSPS) is 28.4. The molecule has 2 fully saturated rings. The average molecular weight is 313 g/mol. The van der Waals surface area contributed by atoms with Gasteiger partial charge in [0, 0.05) is 18.7 Å². The van der Waals surface area contributed by atoms with E-state index in [1.807, 2.05) is 6.92 Å². The number of amides is 1. The van der Waals surface area contributed by atoms with Crippen LogP contribution in [0.15, 0.2) is 11.6 Å². The Hall–Kier alpha value is -0.840. The van der Waals surface area contributed by atoms with Gasteiger partial charge in [-0.05, 0) is 44.4 Å². The lowest BCUT2D eigenvalue weighted by Gasteiger charge is -2.28. The third-order valence-corrected chi connectivity index (χ3v) is 6.39. The van der Waals surface area contributed by atoms with E-state index in [9.17, 15) is 13.2 Å². The van der Waals surface area contributed by atoms with Crippen molar-refractivity contribution in [3.8, 4) is 0 Å². The van der Waals surface area contributed by atoms with Crippen molar-refractivity contribution in [1.82, 2.24) is 4.90 Å². The van der Waals surface area contributed by atoms with Gasteiger partial charge in [-0.1, -0.05) is 19.4 Å². The molecule has 2 aliphatic rings. The molecular formula is C16H27NO3S. The van der Waals surface area contributed by atoms with E-state index in [0.29, 0.717) is 13.0 Å². The monoisotopic (exact) mass is 313 g/mol.